The van der Waals surface area contributed by atoms with Crippen LogP contribution in [0.4, 0.5) is 0 Å². The maximum atomic E-state index is 12.6. The Morgan fingerprint density at radius 3 is 1.74 bits per heavy atom. The molecule has 2 atom stereocenters. The van der Waals surface area contributed by atoms with Crippen molar-refractivity contribution in [3.05, 3.63) is 89.5 Å². The van der Waals surface area contributed by atoms with E-state index in [0.717, 1.165) is 11.1 Å². The molecule has 0 saturated heterocycles. The molecule has 0 radical (unpaired) electrons. The van der Waals surface area contributed by atoms with E-state index in [9.17, 15) is 19.2 Å². The third-order valence-electron chi connectivity index (χ3n) is 4.86. The number of hydrogen-bond acceptors (Lipinski definition) is 9. The second kappa shape index (κ2) is 14.6. The van der Waals surface area contributed by atoms with Crippen molar-refractivity contribution in [2.24, 2.45) is 0 Å². The van der Waals surface area contributed by atoms with E-state index in [-0.39, 0.29) is 11.8 Å². The van der Waals surface area contributed by atoms with Crippen molar-refractivity contribution in [3.8, 4) is 5.75 Å². The van der Waals surface area contributed by atoms with Gasteiger partial charge in [-0.2, -0.15) is 0 Å². The maximum Gasteiger partial charge on any atom is 0.335 e. The molecule has 0 aliphatic rings. The van der Waals surface area contributed by atoms with Crippen molar-refractivity contribution in [3.63, 3.8) is 0 Å². The lowest BCUT2D eigenvalue weighted by Crippen LogP contribution is -2.39. The van der Waals surface area contributed by atoms with E-state index >= 15 is 0 Å². The van der Waals surface area contributed by atoms with Gasteiger partial charge in [0.2, 0.25) is 0 Å². The summed E-state index contributed by atoms with van der Waals surface area (Å²) in [6.07, 6.45) is 2.17. The Morgan fingerprint density at radius 2 is 1.32 bits per heavy atom. The first-order valence-corrected chi connectivity index (χ1v) is 11.0. The third-order valence-corrected chi connectivity index (χ3v) is 4.86. The highest BCUT2D eigenvalue weighted by molar-refractivity contribution is 6.01. The number of carboxylic acids is 2. The van der Waals surface area contributed by atoms with Crippen LogP contribution in [0.15, 0.2) is 67.3 Å². The van der Waals surface area contributed by atoms with Gasteiger partial charge in [0.1, 0.15) is 5.75 Å². The lowest BCUT2D eigenvalue weighted by Gasteiger charge is -2.12. The average molecular weight is 527 g/mol. The third kappa shape index (κ3) is 8.96. The van der Waals surface area contributed by atoms with Crippen LogP contribution in [0.5, 0.6) is 5.75 Å². The van der Waals surface area contributed by atoms with Gasteiger partial charge in [-0.25, -0.2) is 9.59 Å². The summed E-state index contributed by atoms with van der Waals surface area (Å²) in [4.78, 5) is 52.6. The molecule has 0 aliphatic heterocycles. The Kier molecular flexibility index (Phi) is 11.3. The molecule has 38 heavy (non-hydrogen) atoms. The summed E-state index contributed by atoms with van der Waals surface area (Å²) in [6, 6.07) is 12.1. The summed E-state index contributed by atoms with van der Waals surface area (Å²) in [5.41, 5.74) is 2.43. The number of benzene rings is 1. The molecule has 3 rings (SSSR count). The van der Waals surface area contributed by atoms with Crippen LogP contribution in [-0.4, -0.2) is 73.5 Å². The summed E-state index contributed by atoms with van der Waals surface area (Å²) < 4.78 is 5.27. The molecule has 0 spiro atoms. The molecule has 0 unspecified atom stereocenters. The van der Waals surface area contributed by atoms with Gasteiger partial charge in [0.05, 0.1) is 12.7 Å². The Bertz CT molecular complexity index is 1220. The smallest absolute Gasteiger partial charge is 0.335 e. The van der Waals surface area contributed by atoms with Gasteiger partial charge in [0.15, 0.2) is 12.2 Å². The van der Waals surface area contributed by atoms with E-state index in [4.69, 9.17) is 25.2 Å². The molecule has 200 valence electrons. The number of aliphatic carboxylic acids is 2. The van der Waals surface area contributed by atoms with E-state index < -0.39 is 24.1 Å². The zero-order chi connectivity index (χ0) is 28.1. The molecule has 13 nitrogen and oxygen atoms in total. The van der Waals surface area contributed by atoms with Crippen LogP contribution in [0.3, 0.4) is 0 Å². The fraction of sp³-hybridized carbons (Fsp3) is 0.200. The van der Waals surface area contributed by atoms with Crippen LogP contribution in [0.1, 0.15) is 31.8 Å². The van der Waals surface area contributed by atoms with Crippen LogP contribution in [0.25, 0.3) is 0 Å². The van der Waals surface area contributed by atoms with Crippen LogP contribution in [-0.2, 0) is 22.7 Å². The molecule has 0 bridgehead atoms. The van der Waals surface area contributed by atoms with Crippen molar-refractivity contribution < 1.29 is 44.3 Å². The summed E-state index contributed by atoms with van der Waals surface area (Å²) in [6.45, 7) is 0.675. The number of nitrogens with one attached hydrogen (secondary N) is 2. The first kappa shape index (κ1) is 29.4. The van der Waals surface area contributed by atoms with E-state index in [1.54, 1.807) is 49.1 Å². The minimum atomic E-state index is -2.27. The molecular weight excluding hydrogens is 500 g/mol. The van der Waals surface area contributed by atoms with E-state index in [1.807, 2.05) is 12.1 Å². The topological polar surface area (TPSA) is 208 Å². The number of methoxy groups -OCH3 is 1. The lowest BCUT2D eigenvalue weighted by molar-refractivity contribution is -0.165. The van der Waals surface area contributed by atoms with Gasteiger partial charge in [0, 0.05) is 43.4 Å². The summed E-state index contributed by atoms with van der Waals surface area (Å²) in [5.74, 6) is -3.76. The number of rotatable bonds is 10. The molecule has 3 aromatic rings. The standard InChI is InChI=1S/C21H20N4O3.C4H6O6/c1-28-19-7-6-17(20(26)24-13-15-4-2-8-22-11-15)10-18(19)21(27)25-14-16-5-3-9-23-12-16;5-1(3(7)8)2(6)4(9)10/h2-12H,13-14H2,1H3,(H,24,26)(H,25,27);1-2,5-6H,(H,7,8)(H,9,10)/t;1-,2-/m.1/s1. The van der Waals surface area contributed by atoms with Crippen molar-refractivity contribution in [2.75, 3.05) is 7.11 Å². The number of aliphatic hydroxyl groups is 2. The van der Waals surface area contributed by atoms with Gasteiger partial charge in [0.25, 0.3) is 11.8 Å². The predicted molar refractivity (Wildman–Crippen MR) is 131 cm³/mol. The number of aromatic nitrogens is 2. The number of nitrogens with zero attached hydrogens (tertiary/aromatic N) is 2. The van der Waals surface area contributed by atoms with Crippen LogP contribution < -0.4 is 15.4 Å². The van der Waals surface area contributed by atoms with Gasteiger partial charge in [-0.05, 0) is 41.5 Å². The number of ether oxygens (including phenoxy) is 1. The molecular formula is C25H26N4O9. The monoisotopic (exact) mass is 526 g/mol. The first-order chi connectivity index (χ1) is 18.1. The molecule has 6 N–H and O–H groups in total. The number of carbonyl (C=O) groups is 4. The second-order valence-electron chi connectivity index (χ2n) is 7.57. The van der Waals surface area contributed by atoms with Gasteiger partial charge in [-0.1, -0.05) is 12.1 Å². The van der Waals surface area contributed by atoms with Gasteiger partial charge < -0.3 is 35.8 Å². The number of aliphatic hydroxyl groups excluding tert-OH is 2. The van der Waals surface area contributed by atoms with Crippen LogP contribution in [0, 0.1) is 0 Å². The quantitative estimate of drug-likeness (QED) is 0.210. The molecule has 2 heterocycles. The molecule has 1 aromatic carbocycles. The number of carbonyl (C=O) groups excluding carboxylic acids is 2. The van der Waals surface area contributed by atoms with Gasteiger partial charge in [-0.3, -0.25) is 19.6 Å². The van der Waals surface area contributed by atoms with Crippen molar-refractivity contribution in [1.29, 1.82) is 0 Å². The SMILES string of the molecule is COc1ccc(C(=O)NCc2cccnc2)cc1C(=O)NCc1cccnc1.O=C(O)[C@H](O)[C@@H](O)C(=O)O. The Hall–Kier alpha value is -4.88. The maximum absolute atomic E-state index is 12.6. The fourth-order valence-corrected chi connectivity index (χ4v) is 2.86. The molecule has 0 saturated carbocycles. The second-order valence-corrected chi connectivity index (χ2v) is 7.57. The minimum Gasteiger partial charge on any atom is -0.496 e. The van der Waals surface area contributed by atoms with Crippen molar-refractivity contribution in [1.82, 2.24) is 20.6 Å². The first-order valence-electron chi connectivity index (χ1n) is 11.0. The normalized spacial score (nSPS) is 11.7. The number of carboxylic acid groups (broad SMARTS) is 2. The largest absolute Gasteiger partial charge is 0.496 e. The van der Waals surface area contributed by atoms with E-state index in [2.05, 4.69) is 20.6 Å². The Morgan fingerprint density at radius 1 is 0.816 bits per heavy atom. The summed E-state index contributed by atoms with van der Waals surface area (Å²) >= 11 is 0. The Balaban J connectivity index is 0.000000432. The minimum absolute atomic E-state index is 0.284. The van der Waals surface area contributed by atoms with Crippen LogP contribution >= 0.6 is 0 Å². The Labute approximate surface area is 216 Å². The zero-order valence-corrected chi connectivity index (χ0v) is 20.1. The zero-order valence-electron chi connectivity index (χ0n) is 20.1. The molecule has 2 aromatic heterocycles. The van der Waals surface area contributed by atoms with Gasteiger partial charge >= 0.3 is 11.9 Å². The highest BCUT2D eigenvalue weighted by atomic mass is 16.5. The van der Waals surface area contributed by atoms with Crippen LogP contribution in [0.2, 0.25) is 0 Å². The lowest BCUT2D eigenvalue weighted by atomic mass is 10.1. The molecule has 0 fully saturated rings. The fourth-order valence-electron chi connectivity index (χ4n) is 2.86. The summed E-state index contributed by atoms with van der Waals surface area (Å²) in [7, 11) is 1.48. The van der Waals surface area contributed by atoms with Gasteiger partial charge in [-0.15, -0.1) is 0 Å². The van der Waals surface area contributed by atoms with Crippen molar-refractivity contribution in [2.45, 2.75) is 25.3 Å². The van der Waals surface area contributed by atoms with E-state index in [1.165, 1.54) is 13.2 Å². The predicted octanol–water partition coefficient (Wildman–Crippen LogP) is 0.223. The molecule has 2 amide bonds. The average Bonchev–Trinajstić information content (AvgIpc) is 2.94. The molecule has 0 aliphatic carbocycles. The van der Waals surface area contributed by atoms with E-state index in [0.29, 0.717) is 30.0 Å². The van der Waals surface area contributed by atoms with Crippen molar-refractivity contribution >= 4 is 23.8 Å². The number of pyridine rings is 2. The summed E-state index contributed by atoms with van der Waals surface area (Å²) in [5, 5.41) is 38.2. The molecule has 13 heteroatoms. The highest BCUT2D eigenvalue weighted by Crippen LogP contribution is 2.20. The highest BCUT2D eigenvalue weighted by Gasteiger charge is 2.29. The number of hydrogen-bond donors (Lipinski definition) is 6. The number of amides is 2.